The molecule has 5 unspecified atom stereocenters. The second-order valence-corrected chi connectivity index (χ2v) is 27.0. The van der Waals surface area contributed by atoms with Crippen LogP contribution in [0.3, 0.4) is 0 Å². The van der Waals surface area contributed by atoms with Gasteiger partial charge >= 0.3 is 39.5 Å². The second-order valence-electron chi connectivity index (χ2n) is 24.1. The van der Waals surface area contributed by atoms with Gasteiger partial charge in [-0.05, 0) is 154 Å². The quantitative estimate of drug-likeness (QED) is 0.0169. The lowest BCUT2D eigenvalue weighted by Crippen LogP contribution is -2.30. The first-order chi connectivity index (χ1) is 49.7. The highest BCUT2D eigenvalue weighted by atomic mass is 31.2. The highest BCUT2D eigenvalue weighted by Crippen LogP contribution is 2.45. The van der Waals surface area contributed by atoms with E-state index in [0.717, 1.165) is 128 Å². The summed E-state index contributed by atoms with van der Waals surface area (Å²) in [5.74, 6) is -2.50. The van der Waals surface area contributed by atoms with E-state index < -0.39 is 97.5 Å². The molecule has 17 nitrogen and oxygen atoms in total. The van der Waals surface area contributed by atoms with Crippen molar-refractivity contribution in [1.82, 2.24) is 0 Å². The molecule has 0 saturated heterocycles. The number of aliphatic hydroxyl groups is 1. The zero-order valence-corrected chi connectivity index (χ0v) is 64.2. The Morgan fingerprint density at radius 1 is 0.294 bits per heavy atom. The molecule has 0 aromatic carbocycles. The second kappa shape index (κ2) is 73.2. The van der Waals surface area contributed by atoms with Crippen molar-refractivity contribution >= 4 is 39.5 Å². The van der Waals surface area contributed by atoms with Gasteiger partial charge in [-0.3, -0.25) is 37.3 Å². The fourth-order valence-electron chi connectivity index (χ4n) is 8.95. The van der Waals surface area contributed by atoms with E-state index in [-0.39, 0.29) is 25.7 Å². The van der Waals surface area contributed by atoms with Crippen molar-refractivity contribution in [2.24, 2.45) is 0 Å². The number of unbranched alkanes of at least 4 members (excludes halogenated alkanes) is 11. The van der Waals surface area contributed by atoms with E-state index in [1.54, 1.807) is 6.08 Å². The summed E-state index contributed by atoms with van der Waals surface area (Å²) in [6.07, 6.45) is 89.0. The fourth-order valence-corrected chi connectivity index (χ4v) is 10.5. The number of ether oxygens (including phenoxy) is 4. The van der Waals surface area contributed by atoms with Crippen molar-refractivity contribution < 1.29 is 80.2 Å². The average molecular weight is 1460 g/mol. The maximum absolute atomic E-state index is 13.1. The van der Waals surface area contributed by atoms with Crippen LogP contribution in [-0.4, -0.2) is 96.7 Å². The third-order valence-corrected chi connectivity index (χ3v) is 16.5. The van der Waals surface area contributed by atoms with Crippen molar-refractivity contribution in [3.8, 4) is 0 Å². The summed E-state index contributed by atoms with van der Waals surface area (Å²) in [6, 6.07) is 0. The van der Waals surface area contributed by atoms with Crippen LogP contribution in [0.5, 0.6) is 0 Å². The molecule has 0 aliphatic carbocycles. The molecule has 0 aromatic heterocycles. The van der Waals surface area contributed by atoms with Crippen LogP contribution in [-0.2, 0) is 65.4 Å². The molecule has 0 aromatic rings. The van der Waals surface area contributed by atoms with Crippen molar-refractivity contribution in [1.29, 1.82) is 0 Å². The molecule has 0 aliphatic heterocycles. The van der Waals surface area contributed by atoms with Gasteiger partial charge in [0.2, 0.25) is 0 Å². The van der Waals surface area contributed by atoms with Crippen LogP contribution < -0.4 is 0 Å². The Morgan fingerprint density at radius 2 is 0.559 bits per heavy atom. The van der Waals surface area contributed by atoms with Gasteiger partial charge in [-0.25, -0.2) is 9.13 Å². The molecule has 19 heteroatoms. The maximum Gasteiger partial charge on any atom is 0.472 e. The number of allylic oxidation sites excluding steroid dienone is 31. The number of carbonyl (C=O) groups is 4. The molecule has 3 N–H and O–H groups in total. The SMILES string of the molecule is CC/C=C\C/C=C\C/C=C\C/C=C\C/C=C\CCCC(=O)OCC(COP(=O)(O)OCC(O)COP(=O)(O)OCC(COC(=O)C/C=C\C/C=C\C/C=C\C/C=C\C/C=C\CC)OC(=O)CCCCCCC/C=C\CCCCCC)OC(=O)CCC/C=C\C/C=C\C/C=C\C/C=C\C/C=C\CC. The molecule has 574 valence electrons. The Bertz CT molecular complexity index is 2700. The summed E-state index contributed by atoms with van der Waals surface area (Å²) in [6.45, 7) is 4.21. The lowest BCUT2D eigenvalue weighted by molar-refractivity contribution is -0.161. The Balaban J connectivity index is 5.56. The Kier molecular flexibility index (Phi) is 68.8. The topological polar surface area (TPSA) is 237 Å². The van der Waals surface area contributed by atoms with Crippen LogP contribution in [0.1, 0.15) is 246 Å². The molecule has 0 aliphatic rings. The predicted octanol–water partition coefficient (Wildman–Crippen LogP) is 21.8. The Labute approximate surface area is 615 Å². The number of phosphoric acid groups is 2. The molecule has 0 fully saturated rings. The lowest BCUT2D eigenvalue weighted by Gasteiger charge is -2.21. The fraction of sp³-hybridized carbons (Fsp3) is 0.566. The molecule has 0 saturated carbocycles. The summed E-state index contributed by atoms with van der Waals surface area (Å²) in [5, 5.41) is 10.6. The van der Waals surface area contributed by atoms with Gasteiger partial charge in [0, 0.05) is 19.3 Å². The minimum absolute atomic E-state index is 0.00625. The Hall–Kier alpha value is -6.10. The monoisotopic (exact) mass is 1460 g/mol. The number of hydrogen-bond acceptors (Lipinski definition) is 15. The van der Waals surface area contributed by atoms with E-state index in [0.29, 0.717) is 38.5 Å². The van der Waals surface area contributed by atoms with Gasteiger partial charge < -0.3 is 33.8 Å². The zero-order valence-electron chi connectivity index (χ0n) is 62.4. The molecule has 5 atom stereocenters. The molecule has 102 heavy (non-hydrogen) atoms. The molecule has 0 amide bonds. The first-order valence-corrected chi connectivity index (χ1v) is 40.7. The third kappa shape index (κ3) is 72.3. The summed E-state index contributed by atoms with van der Waals surface area (Å²) in [5.41, 5.74) is 0. The number of aliphatic hydroxyl groups excluding tert-OH is 1. The zero-order chi connectivity index (χ0) is 74.6. The van der Waals surface area contributed by atoms with Crippen LogP contribution in [0.4, 0.5) is 0 Å². The van der Waals surface area contributed by atoms with Gasteiger partial charge in [-0.2, -0.15) is 0 Å². The smallest absolute Gasteiger partial charge is 0.462 e. The van der Waals surface area contributed by atoms with Gasteiger partial charge in [0.1, 0.15) is 19.3 Å². The number of esters is 4. The summed E-state index contributed by atoms with van der Waals surface area (Å²) < 4.78 is 68.2. The van der Waals surface area contributed by atoms with E-state index in [2.05, 4.69) is 174 Å². The van der Waals surface area contributed by atoms with Crippen LogP contribution in [0, 0.1) is 0 Å². The van der Waals surface area contributed by atoms with E-state index in [1.807, 2.05) is 42.5 Å². The van der Waals surface area contributed by atoms with Crippen molar-refractivity contribution in [2.45, 2.75) is 264 Å². The van der Waals surface area contributed by atoms with Gasteiger partial charge in [0.05, 0.1) is 32.8 Å². The Morgan fingerprint density at radius 3 is 0.922 bits per heavy atom. The van der Waals surface area contributed by atoms with Gasteiger partial charge in [0.15, 0.2) is 12.2 Å². The maximum atomic E-state index is 13.1. The molecule has 0 radical (unpaired) electrons. The van der Waals surface area contributed by atoms with Gasteiger partial charge in [0.25, 0.3) is 0 Å². The standard InChI is InChI=1S/C83H130O17P2/c1-5-9-13-17-21-25-29-33-36-38-41-45-48-52-56-60-64-68-81(86)94-74-79(100-83(88)70-66-62-58-54-50-46-42-39-37-34-30-26-22-18-14-10-6-2)76-98-102(91,92)96-72-77(84)71-95-101(89,90)97-75-78(99-82(87)69-65-61-57-53-49-43-32-28-24-20-16-12-8-4)73-93-80(85)67-63-59-55-51-47-44-40-35-31-27-23-19-15-11-7-3/h9-11,13-15,21-23,25-28,32-37,40-42,45-47,51-52,54,56,58-59,63,77-79,84H,5-8,12,16-20,24,29-31,38-39,43-44,48-50,53,55,57,60-62,64-76H2,1-4H3,(H,89,90)(H,91,92)/b13-9-,14-10-,15-11-,25-21-,26-22-,27-23-,32-28-,36-33-,37-34-,40-35-,45-41-,46-42-,51-47-,56-52-,58-54-,63-59-. The molecule has 0 bridgehead atoms. The molecule has 0 spiro atoms. The highest BCUT2D eigenvalue weighted by molar-refractivity contribution is 7.47. The predicted molar refractivity (Wildman–Crippen MR) is 417 cm³/mol. The van der Waals surface area contributed by atoms with Crippen molar-refractivity contribution in [3.63, 3.8) is 0 Å². The molecule has 0 heterocycles. The van der Waals surface area contributed by atoms with E-state index in [1.165, 1.54) is 25.7 Å². The molecular formula is C83H130O17P2. The summed E-state index contributed by atoms with van der Waals surface area (Å²) in [4.78, 5) is 72.8. The number of phosphoric ester groups is 2. The molecular weight excluding hydrogens is 1330 g/mol. The molecule has 0 rings (SSSR count). The van der Waals surface area contributed by atoms with Gasteiger partial charge in [-0.15, -0.1) is 0 Å². The van der Waals surface area contributed by atoms with Crippen LogP contribution in [0.2, 0.25) is 0 Å². The first kappa shape index (κ1) is 95.9. The lowest BCUT2D eigenvalue weighted by atomic mass is 10.1. The van der Waals surface area contributed by atoms with Crippen molar-refractivity contribution in [2.75, 3.05) is 39.6 Å². The minimum Gasteiger partial charge on any atom is -0.462 e. The van der Waals surface area contributed by atoms with Gasteiger partial charge in [-0.1, -0.05) is 261 Å². The largest absolute Gasteiger partial charge is 0.472 e. The van der Waals surface area contributed by atoms with E-state index in [9.17, 15) is 43.2 Å². The average Bonchev–Trinajstić information content (AvgIpc) is 0.959. The van der Waals surface area contributed by atoms with Crippen molar-refractivity contribution in [3.05, 3.63) is 194 Å². The number of hydrogen-bond donors (Lipinski definition) is 3. The summed E-state index contributed by atoms with van der Waals surface area (Å²) >= 11 is 0. The van der Waals surface area contributed by atoms with E-state index >= 15 is 0 Å². The van der Waals surface area contributed by atoms with E-state index in [4.69, 9.17) is 37.0 Å². The van der Waals surface area contributed by atoms with Crippen LogP contribution in [0.25, 0.3) is 0 Å². The minimum atomic E-state index is -5.02. The van der Waals surface area contributed by atoms with Crippen LogP contribution >= 0.6 is 15.6 Å². The first-order valence-electron chi connectivity index (χ1n) is 37.7. The normalized spacial score (nSPS) is 15.0. The third-order valence-electron chi connectivity index (χ3n) is 14.6. The number of rotatable bonds is 68. The summed E-state index contributed by atoms with van der Waals surface area (Å²) in [7, 11) is -10.0. The number of carbonyl (C=O) groups excluding carboxylic acids is 4. The highest BCUT2D eigenvalue weighted by Gasteiger charge is 2.30. The van der Waals surface area contributed by atoms with Crippen LogP contribution in [0.15, 0.2) is 194 Å².